The first kappa shape index (κ1) is 25.6. The van der Waals surface area contributed by atoms with E-state index in [1.165, 1.54) is 23.2 Å². The van der Waals surface area contributed by atoms with Crippen LogP contribution in [0.2, 0.25) is 15.2 Å². The van der Waals surface area contributed by atoms with E-state index in [0.717, 1.165) is 0 Å². The van der Waals surface area contributed by atoms with Crippen molar-refractivity contribution in [1.82, 2.24) is 15.2 Å². The molecule has 1 aromatic carbocycles. The van der Waals surface area contributed by atoms with Crippen LogP contribution in [0.25, 0.3) is 0 Å². The molecule has 2 aromatic rings. The second-order valence-electron chi connectivity index (χ2n) is 7.23. The van der Waals surface area contributed by atoms with Gasteiger partial charge in [-0.05, 0) is 42.8 Å². The zero-order chi connectivity index (χ0) is 24.8. The lowest BCUT2D eigenvalue weighted by molar-refractivity contribution is -0.145. The Morgan fingerprint density at radius 2 is 1.88 bits per heavy atom. The molecule has 0 spiro atoms. The van der Waals surface area contributed by atoms with Gasteiger partial charge in [-0.2, -0.15) is 0 Å². The third-order valence-electron chi connectivity index (χ3n) is 4.94. The fraction of sp³-hybridized carbons (Fsp3) is 0.217. The molecule has 0 saturated carbocycles. The summed E-state index contributed by atoms with van der Waals surface area (Å²) < 4.78 is 5.12. The van der Waals surface area contributed by atoms with Crippen LogP contribution in [0.3, 0.4) is 0 Å². The van der Waals surface area contributed by atoms with Crippen molar-refractivity contribution in [2.75, 3.05) is 13.2 Å². The minimum atomic E-state index is -1.03. The molecule has 0 aliphatic carbocycles. The van der Waals surface area contributed by atoms with Crippen molar-refractivity contribution in [2.45, 2.75) is 19.4 Å². The minimum absolute atomic E-state index is 0.00497. The molecule has 3 rings (SSSR count). The number of nitrogens with zero attached hydrogens (tertiary/aromatic N) is 2. The Hall–Kier alpha value is -3.07. The first-order valence-corrected chi connectivity index (χ1v) is 11.3. The highest BCUT2D eigenvalue weighted by atomic mass is 35.5. The summed E-state index contributed by atoms with van der Waals surface area (Å²) in [5.41, 5.74) is 7.00. The molecular formula is C23H21Cl3N4O4. The normalized spacial score (nSPS) is 14.1. The lowest BCUT2D eigenvalue weighted by Crippen LogP contribution is -2.44. The molecule has 1 unspecified atom stereocenters. The Kier molecular flexibility index (Phi) is 8.55. The topological polar surface area (TPSA) is 115 Å². The molecule has 1 aliphatic rings. The molecule has 1 aliphatic heterocycles. The Labute approximate surface area is 211 Å². The molecular weight excluding hydrogens is 503 g/mol. The van der Waals surface area contributed by atoms with E-state index >= 15 is 0 Å². The second-order valence-corrected chi connectivity index (χ2v) is 8.38. The van der Waals surface area contributed by atoms with Crippen LogP contribution in [-0.4, -0.2) is 46.9 Å². The quantitative estimate of drug-likeness (QED) is 0.419. The number of nitrogens with one attached hydrogen (secondary N) is 1. The number of amides is 2. The number of ether oxygens (including phenoxy) is 1. The molecule has 0 radical (unpaired) electrons. The van der Waals surface area contributed by atoms with E-state index in [1.54, 1.807) is 37.3 Å². The van der Waals surface area contributed by atoms with Crippen molar-refractivity contribution < 1.29 is 19.1 Å². The van der Waals surface area contributed by atoms with Gasteiger partial charge in [-0.3, -0.25) is 14.5 Å². The van der Waals surface area contributed by atoms with Gasteiger partial charge in [0.25, 0.3) is 11.8 Å². The van der Waals surface area contributed by atoms with Crippen LogP contribution < -0.4 is 11.1 Å². The summed E-state index contributed by atoms with van der Waals surface area (Å²) in [7, 11) is 0. The first-order valence-electron chi connectivity index (χ1n) is 10.2. The average molecular weight is 524 g/mol. The van der Waals surface area contributed by atoms with Crippen molar-refractivity contribution in [1.29, 1.82) is 0 Å². The van der Waals surface area contributed by atoms with Gasteiger partial charge in [0.05, 0.1) is 27.8 Å². The van der Waals surface area contributed by atoms with E-state index in [4.69, 9.17) is 45.3 Å². The number of carbonyl (C=O) groups is 3. The Morgan fingerprint density at radius 3 is 2.59 bits per heavy atom. The summed E-state index contributed by atoms with van der Waals surface area (Å²) in [6, 6.07) is 6.74. The summed E-state index contributed by atoms with van der Waals surface area (Å²) in [5.74, 6) is -1.47. The maximum Gasteiger partial charge on any atom is 0.328 e. The van der Waals surface area contributed by atoms with Crippen LogP contribution in [0, 0.1) is 0 Å². The number of esters is 1. The number of pyridine rings is 1. The van der Waals surface area contributed by atoms with Gasteiger partial charge >= 0.3 is 5.97 Å². The summed E-state index contributed by atoms with van der Waals surface area (Å²) in [6.45, 7) is 1.86. The molecule has 0 saturated heterocycles. The molecule has 0 bridgehead atoms. The lowest BCUT2D eigenvalue weighted by Gasteiger charge is -2.29. The van der Waals surface area contributed by atoms with Crippen molar-refractivity contribution in [3.05, 3.63) is 86.4 Å². The van der Waals surface area contributed by atoms with E-state index < -0.39 is 23.8 Å². The fourth-order valence-corrected chi connectivity index (χ4v) is 3.85. The van der Waals surface area contributed by atoms with Crippen LogP contribution in [0.4, 0.5) is 0 Å². The number of hydrogen-bond donors (Lipinski definition) is 2. The maximum atomic E-state index is 13.1. The fourth-order valence-electron chi connectivity index (χ4n) is 3.27. The van der Waals surface area contributed by atoms with Gasteiger partial charge in [0.15, 0.2) is 0 Å². The molecule has 1 aromatic heterocycles. The van der Waals surface area contributed by atoms with Gasteiger partial charge in [0, 0.05) is 19.2 Å². The number of carbonyl (C=O) groups excluding carboxylic acids is 3. The number of allylic oxidation sites excluding steroid dienone is 2. The summed E-state index contributed by atoms with van der Waals surface area (Å²) in [6.07, 6.45) is 4.74. The molecule has 3 N–H and O–H groups in total. The van der Waals surface area contributed by atoms with Crippen molar-refractivity contribution in [2.24, 2.45) is 5.73 Å². The zero-order valence-electron chi connectivity index (χ0n) is 18.1. The van der Waals surface area contributed by atoms with Gasteiger partial charge in [0.2, 0.25) is 0 Å². The standard InChI is InChI=1S/C23H21Cl3N4O4/c1-2-34-23(33)17(29-21(31)15-6-4-10-28-20(15)26)11-13-8-9-18(27)30(12-13)22(32)14-5-3-7-16(24)19(14)25/h3-10,17H,2,11-12,27H2,1H3,(H,29,31). The molecule has 0 fully saturated rings. The predicted octanol–water partition coefficient (Wildman–Crippen LogP) is 3.98. The van der Waals surface area contributed by atoms with Crippen molar-refractivity contribution in [3.8, 4) is 0 Å². The van der Waals surface area contributed by atoms with E-state index in [2.05, 4.69) is 10.3 Å². The van der Waals surface area contributed by atoms with Crippen LogP contribution in [0.1, 0.15) is 34.1 Å². The number of hydrogen-bond acceptors (Lipinski definition) is 6. The van der Waals surface area contributed by atoms with Gasteiger partial charge in [-0.25, -0.2) is 9.78 Å². The number of aromatic nitrogens is 1. The van der Waals surface area contributed by atoms with Gasteiger partial charge in [-0.1, -0.05) is 46.9 Å². The number of halogens is 3. The van der Waals surface area contributed by atoms with E-state index in [9.17, 15) is 14.4 Å². The molecule has 1 atom stereocenters. The minimum Gasteiger partial charge on any atom is -0.464 e. The Morgan fingerprint density at radius 1 is 1.15 bits per heavy atom. The summed E-state index contributed by atoms with van der Waals surface area (Å²) in [4.78, 5) is 43.6. The highest BCUT2D eigenvalue weighted by Gasteiger charge is 2.29. The van der Waals surface area contributed by atoms with Crippen LogP contribution in [0.15, 0.2) is 60.1 Å². The Balaban J connectivity index is 1.80. The van der Waals surface area contributed by atoms with E-state index in [1.807, 2.05) is 0 Å². The smallest absolute Gasteiger partial charge is 0.328 e. The third-order valence-corrected chi connectivity index (χ3v) is 6.06. The molecule has 8 nitrogen and oxygen atoms in total. The predicted molar refractivity (Wildman–Crippen MR) is 130 cm³/mol. The zero-order valence-corrected chi connectivity index (χ0v) is 20.3. The van der Waals surface area contributed by atoms with Crippen molar-refractivity contribution in [3.63, 3.8) is 0 Å². The van der Waals surface area contributed by atoms with Crippen molar-refractivity contribution >= 4 is 52.6 Å². The van der Waals surface area contributed by atoms with Gasteiger partial charge < -0.3 is 15.8 Å². The second kappa shape index (κ2) is 11.4. The Bertz CT molecular complexity index is 1180. The lowest BCUT2D eigenvalue weighted by atomic mass is 10.0. The molecule has 2 heterocycles. The monoisotopic (exact) mass is 522 g/mol. The third kappa shape index (κ3) is 5.88. The number of nitrogens with two attached hydrogens (primary N) is 1. The average Bonchev–Trinajstić information content (AvgIpc) is 2.81. The summed E-state index contributed by atoms with van der Waals surface area (Å²) in [5, 5.41) is 2.99. The van der Waals surface area contributed by atoms with E-state index in [0.29, 0.717) is 5.57 Å². The molecule has 2 amide bonds. The van der Waals surface area contributed by atoms with Gasteiger partial charge in [0.1, 0.15) is 17.0 Å². The molecule has 11 heteroatoms. The molecule has 178 valence electrons. The highest BCUT2D eigenvalue weighted by molar-refractivity contribution is 6.43. The summed E-state index contributed by atoms with van der Waals surface area (Å²) >= 11 is 18.2. The number of benzene rings is 1. The molecule has 34 heavy (non-hydrogen) atoms. The van der Waals surface area contributed by atoms with E-state index in [-0.39, 0.29) is 51.7 Å². The van der Waals surface area contributed by atoms with Crippen LogP contribution in [0.5, 0.6) is 0 Å². The van der Waals surface area contributed by atoms with Gasteiger partial charge in [-0.15, -0.1) is 0 Å². The number of rotatable bonds is 7. The SMILES string of the molecule is CCOC(=O)C(CC1=CC=C(N)N(C(=O)c2cccc(Cl)c2Cl)C1)NC(=O)c1cccnc1Cl. The highest BCUT2D eigenvalue weighted by Crippen LogP contribution is 2.28. The first-order chi connectivity index (χ1) is 16.2. The maximum absolute atomic E-state index is 13.1. The van der Waals surface area contributed by atoms with Crippen LogP contribution >= 0.6 is 34.8 Å². The van der Waals surface area contributed by atoms with Crippen LogP contribution in [-0.2, 0) is 9.53 Å². The largest absolute Gasteiger partial charge is 0.464 e.